The Hall–Kier alpha value is -1.55. The van der Waals surface area contributed by atoms with Crippen molar-refractivity contribution in [3.8, 4) is 0 Å². The summed E-state index contributed by atoms with van der Waals surface area (Å²) in [4.78, 5) is 0. The van der Waals surface area contributed by atoms with Crippen LogP contribution in [0.1, 0.15) is 43.2 Å². The summed E-state index contributed by atoms with van der Waals surface area (Å²) in [6, 6.07) is 7.78. The summed E-state index contributed by atoms with van der Waals surface area (Å²) in [6.07, 6.45) is 6.90. The van der Waals surface area contributed by atoms with Gasteiger partial charge >= 0.3 is 0 Å². The first-order valence-electron chi connectivity index (χ1n) is 7.07. The molecule has 0 atom stereocenters. The van der Waals surface area contributed by atoms with E-state index in [1.807, 2.05) is 18.2 Å². The second-order valence-corrected chi connectivity index (χ2v) is 5.30. The summed E-state index contributed by atoms with van der Waals surface area (Å²) >= 11 is 0. The maximum atomic E-state index is 8.66. The van der Waals surface area contributed by atoms with Crippen molar-refractivity contribution in [3.63, 3.8) is 0 Å². The van der Waals surface area contributed by atoms with Crippen LogP contribution in [0.3, 0.4) is 0 Å². The van der Waals surface area contributed by atoms with Gasteiger partial charge in [0.1, 0.15) is 0 Å². The molecule has 0 aromatic heterocycles. The highest BCUT2D eigenvalue weighted by atomic mass is 16.4. The van der Waals surface area contributed by atoms with Crippen LogP contribution in [0.25, 0.3) is 0 Å². The number of nitrogens with zero attached hydrogens (tertiary/aromatic N) is 1. The average molecular weight is 261 g/mol. The highest BCUT2D eigenvalue weighted by molar-refractivity contribution is 5.97. The highest BCUT2D eigenvalue weighted by Crippen LogP contribution is 2.26. The van der Waals surface area contributed by atoms with E-state index in [1.165, 1.54) is 32.1 Å². The fourth-order valence-electron chi connectivity index (χ4n) is 2.74. The second kappa shape index (κ2) is 7.14. The number of amidine groups is 1. The second-order valence-electron chi connectivity index (χ2n) is 5.30. The van der Waals surface area contributed by atoms with Crippen molar-refractivity contribution in [3.05, 3.63) is 35.4 Å². The van der Waals surface area contributed by atoms with E-state index in [1.54, 1.807) is 0 Å². The molecule has 1 aliphatic rings. The number of oxime groups is 1. The third kappa shape index (κ3) is 4.24. The van der Waals surface area contributed by atoms with Gasteiger partial charge in [0.25, 0.3) is 0 Å². The molecule has 2 rings (SSSR count). The Morgan fingerprint density at radius 3 is 2.89 bits per heavy atom. The number of nitrogens with two attached hydrogens (primary N) is 1. The zero-order valence-electron chi connectivity index (χ0n) is 11.3. The van der Waals surface area contributed by atoms with Crippen LogP contribution in [-0.4, -0.2) is 17.6 Å². The monoisotopic (exact) mass is 261 g/mol. The Morgan fingerprint density at radius 1 is 1.37 bits per heavy atom. The van der Waals surface area contributed by atoms with Crippen LogP contribution < -0.4 is 11.1 Å². The molecule has 0 aliphatic heterocycles. The van der Waals surface area contributed by atoms with Crippen molar-refractivity contribution in [2.24, 2.45) is 16.8 Å². The van der Waals surface area contributed by atoms with Gasteiger partial charge in [-0.15, -0.1) is 0 Å². The van der Waals surface area contributed by atoms with Crippen molar-refractivity contribution >= 4 is 5.84 Å². The van der Waals surface area contributed by atoms with E-state index in [0.29, 0.717) is 0 Å². The standard InChI is InChI=1S/C15H23N3O/c16-15(18-19)14-7-3-6-13(10-14)11-17-9-8-12-4-1-2-5-12/h3,6-7,10,12,17,19H,1-2,4-5,8-9,11H2,(H2,16,18). The summed E-state index contributed by atoms with van der Waals surface area (Å²) < 4.78 is 0. The normalized spacial score (nSPS) is 16.9. The lowest BCUT2D eigenvalue weighted by atomic mass is 10.0. The molecule has 1 aliphatic carbocycles. The quantitative estimate of drug-likeness (QED) is 0.242. The van der Waals surface area contributed by atoms with E-state index in [0.717, 1.165) is 30.1 Å². The van der Waals surface area contributed by atoms with E-state index in [4.69, 9.17) is 10.9 Å². The van der Waals surface area contributed by atoms with E-state index in [9.17, 15) is 0 Å². The van der Waals surface area contributed by atoms with Gasteiger partial charge in [-0.2, -0.15) is 0 Å². The molecule has 104 valence electrons. The third-order valence-electron chi connectivity index (χ3n) is 3.86. The van der Waals surface area contributed by atoms with Gasteiger partial charge in [0.15, 0.2) is 5.84 Å². The zero-order chi connectivity index (χ0) is 13.5. The number of hydrogen-bond donors (Lipinski definition) is 3. The van der Waals surface area contributed by atoms with E-state index in [2.05, 4.69) is 16.5 Å². The SMILES string of the molecule is NC(=NO)c1cccc(CNCCC2CCCC2)c1. The minimum atomic E-state index is 0.160. The molecule has 1 fully saturated rings. The largest absolute Gasteiger partial charge is 0.409 e. The number of nitrogens with one attached hydrogen (secondary N) is 1. The number of hydrogen-bond acceptors (Lipinski definition) is 3. The summed E-state index contributed by atoms with van der Waals surface area (Å²) in [5.74, 6) is 1.09. The van der Waals surface area contributed by atoms with Gasteiger partial charge in [-0.1, -0.05) is 49.0 Å². The molecule has 1 aromatic carbocycles. The molecule has 4 N–H and O–H groups in total. The summed E-state index contributed by atoms with van der Waals surface area (Å²) in [6.45, 7) is 1.90. The van der Waals surface area contributed by atoms with Crippen LogP contribution in [0.5, 0.6) is 0 Å². The molecule has 0 radical (unpaired) electrons. The third-order valence-corrected chi connectivity index (χ3v) is 3.86. The Bertz CT molecular complexity index is 425. The number of benzene rings is 1. The molecular weight excluding hydrogens is 238 g/mol. The minimum absolute atomic E-state index is 0.160. The van der Waals surface area contributed by atoms with Gasteiger partial charge in [0.05, 0.1) is 0 Å². The van der Waals surface area contributed by atoms with Gasteiger partial charge in [-0.25, -0.2) is 0 Å². The van der Waals surface area contributed by atoms with Gasteiger partial charge in [0.2, 0.25) is 0 Å². The zero-order valence-corrected chi connectivity index (χ0v) is 11.3. The van der Waals surface area contributed by atoms with Crippen molar-refractivity contribution in [2.75, 3.05) is 6.54 Å². The maximum Gasteiger partial charge on any atom is 0.170 e. The summed E-state index contributed by atoms with van der Waals surface area (Å²) in [5.41, 5.74) is 7.50. The molecule has 0 unspecified atom stereocenters. The van der Waals surface area contributed by atoms with Gasteiger partial charge in [0, 0.05) is 12.1 Å². The lowest BCUT2D eigenvalue weighted by Crippen LogP contribution is -2.18. The lowest BCUT2D eigenvalue weighted by Gasteiger charge is -2.10. The molecule has 0 saturated heterocycles. The predicted octanol–water partition coefficient (Wildman–Crippen LogP) is 2.45. The van der Waals surface area contributed by atoms with Crippen LogP contribution >= 0.6 is 0 Å². The van der Waals surface area contributed by atoms with Crippen LogP contribution in [0, 0.1) is 5.92 Å². The summed E-state index contributed by atoms with van der Waals surface area (Å²) in [5, 5.41) is 15.2. The Morgan fingerprint density at radius 2 is 2.16 bits per heavy atom. The molecule has 1 aromatic rings. The van der Waals surface area contributed by atoms with E-state index in [-0.39, 0.29) is 5.84 Å². The molecule has 0 amide bonds. The number of rotatable bonds is 6. The van der Waals surface area contributed by atoms with Crippen LogP contribution in [0.4, 0.5) is 0 Å². The first kappa shape index (κ1) is 13.9. The topological polar surface area (TPSA) is 70.6 Å². The first-order chi connectivity index (χ1) is 9.29. The molecule has 4 nitrogen and oxygen atoms in total. The smallest absolute Gasteiger partial charge is 0.170 e. The van der Waals surface area contributed by atoms with Gasteiger partial charge < -0.3 is 16.3 Å². The average Bonchev–Trinajstić information content (AvgIpc) is 2.96. The van der Waals surface area contributed by atoms with Crippen molar-refractivity contribution in [1.29, 1.82) is 0 Å². The lowest BCUT2D eigenvalue weighted by molar-refractivity contribution is 0.318. The van der Waals surface area contributed by atoms with E-state index >= 15 is 0 Å². The Kier molecular flexibility index (Phi) is 5.21. The molecular formula is C15H23N3O. The van der Waals surface area contributed by atoms with Gasteiger partial charge in [-0.05, 0) is 30.5 Å². The predicted molar refractivity (Wildman–Crippen MR) is 77.2 cm³/mol. The summed E-state index contributed by atoms with van der Waals surface area (Å²) in [7, 11) is 0. The fraction of sp³-hybridized carbons (Fsp3) is 0.533. The minimum Gasteiger partial charge on any atom is -0.409 e. The van der Waals surface area contributed by atoms with Crippen molar-refractivity contribution in [1.82, 2.24) is 5.32 Å². The van der Waals surface area contributed by atoms with Gasteiger partial charge in [-0.3, -0.25) is 0 Å². The molecule has 4 heteroatoms. The fourth-order valence-corrected chi connectivity index (χ4v) is 2.74. The molecule has 0 bridgehead atoms. The Balaban J connectivity index is 1.76. The van der Waals surface area contributed by atoms with Crippen LogP contribution in [0.15, 0.2) is 29.4 Å². The highest BCUT2D eigenvalue weighted by Gasteiger charge is 2.13. The molecule has 0 heterocycles. The first-order valence-corrected chi connectivity index (χ1v) is 7.07. The Labute approximate surface area is 114 Å². The molecule has 0 spiro atoms. The van der Waals surface area contributed by atoms with Crippen molar-refractivity contribution in [2.45, 2.75) is 38.6 Å². The maximum absolute atomic E-state index is 8.66. The van der Waals surface area contributed by atoms with Crippen molar-refractivity contribution < 1.29 is 5.21 Å². The van der Waals surface area contributed by atoms with Crippen LogP contribution in [-0.2, 0) is 6.54 Å². The molecule has 1 saturated carbocycles. The van der Waals surface area contributed by atoms with Crippen LogP contribution in [0.2, 0.25) is 0 Å². The van der Waals surface area contributed by atoms with E-state index < -0.39 is 0 Å². The molecule has 19 heavy (non-hydrogen) atoms.